The second kappa shape index (κ2) is 10.8. The van der Waals surface area contributed by atoms with E-state index < -0.39 is 6.09 Å². The molecule has 170 valence electrons. The third kappa shape index (κ3) is 5.80. The molecule has 5 nitrogen and oxygen atoms in total. The fourth-order valence-electron chi connectivity index (χ4n) is 4.60. The van der Waals surface area contributed by atoms with Gasteiger partial charge in [0.25, 0.3) is 0 Å². The van der Waals surface area contributed by atoms with Crippen molar-refractivity contribution in [1.82, 2.24) is 10.6 Å². The number of ether oxygens (including phenoxy) is 1. The van der Waals surface area contributed by atoms with Crippen LogP contribution in [0, 0.1) is 0 Å². The van der Waals surface area contributed by atoms with Crippen molar-refractivity contribution >= 4 is 12.0 Å². The van der Waals surface area contributed by atoms with E-state index in [2.05, 4.69) is 47.0 Å². The van der Waals surface area contributed by atoms with Gasteiger partial charge in [-0.05, 0) is 47.1 Å². The van der Waals surface area contributed by atoms with Crippen molar-refractivity contribution < 1.29 is 14.3 Å². The Labute approximate surface area is 195 Å². The van der Waals surface area contributed by atoms with Crippen molar-refractivity contribution in [2.75, 3.05) is 13.2 Å². The Kier molecular flexibility index (Phi) is 7.40. The molecule has 1 atom stereocenters. The molecule has 0 spiro atoms. The summed E-state index contributed by atoms with van der Waals surface area (Å²) in [6.07, 6.45) is 1.89. The van der Waals surface area contributed by atoms with E-state index in [0.29, 0.717) is 13.2 Å². The lowest BCUT2D eigenvalue weighted by atomic mass is 9.98. The van der Waals surface area contributed by atoms with Gasteiger partial charge in [0, 0.05) is 25.4 Å². The van der Waals surface area contributed by atoms with Gasteiger partial charge in [-0.25, -0.2) is 4.79 Å². The Morgan fingerprint density at radius 1 is 0.879 bits per heavy atom. The number of alkyl carbamates (subject to hydrolysis) is 1. The normalized spacial score (nSPS) is 13.0. The molecule has 0 aliphatic heterocycles. The fraction of sp³-hybridized carbons (Fsp3) is 0.286. The number of rotatable bonds is 9. The summed E-state index contributed by atoms with van der Waals surface area (Å²) in [6, 6.07) is 26.7. The molecule has 33 heavy (non-hydrogen) atoms. The Morgan fingerprint density at radius 3 is 2.12 bits per heavy atom. The fourth-order valence-corrected chi connectivity index (χ4v) is 4.60. The minimum atomic E-state index is -0.406. The van der Waals surface area contributed by atoms with Crippen LogP contribution in [0.1, 0.15) is 42.4 Å². The van der Waals surface area contributed by atoms with E-state index >= 15 is 0 Å². The third-order valence-electron chi connectivity index (χ3n) is 6.07. The summed E-state index contributed by atoms with van der Waals surface area (Å²) in [5.74, 6) is 0.0126. The zero-order valence-electron chi connectivity index (χ0n) is 18.9. The van der Waals surface area contributed by atoms with E-state index in [1.165, 1.54) is 34.7 Å². The van der Waals surface area contributed by atoms with Crippen LogP contribution in [-0.2, 0) is 16.0 Å². The first-order valence-electron chi connectivity index (χ1n) is 11.5. The number of hydrogen-bond acceptors (Lipinski definition) is 3. The molecule has 0 aromatic heterocycles. The average molecular weight is 443 g/mol. The van der Waals surface area contributed by atoms with Gasteiger partial charge in [0.15, 0.2) is 0 Å². The van der Waals surface area contributed by atoms with E-state index in [1.54, 1.807) is 0 Å². The molecule has 3 aromatic rings. The van der Waals surface area contributed by atoms with Gasteiger partial charge < -0.3 is 15.4 Å². The molecule has 0 fully saturated rings. The Balaban J connectivity index is 1.25. The van der Waals surface area contributed by atoms with E-state index in [-0.39, 0.29) is 17.9 Å². The van der Waals surface area contributed by atoms with Crippen molar-refractivity contribution in [1.29, 1.82) is 0 Å². The van der Waals surface area contributed by atoms with Crippen LogP contribution < -0.4 is 10.6 Å². The van der Waals surface area contributed by atoms with Crippen LogP contribution >= 0.6 is 0 Å². The molecule has 4 rings (SSSR count). The molecule has 5 heteroatoms. The summed E-state index contributed by atoms with van der Waals surface area (Å²) in [6.45, 7) is 2.34. The summed E-state index contributed by atoms with van der Waals surface area (Å²) in [5.41, 5.74) is 6.01. The van der Waals surface area contributed by atoms with Crippen LogP contribution in [-0.4, -0.2) is 31.2 Å². The predicted molar refractivity (Wildman–Crippen MR) is 130 cm³/mol. The van der Waals surface area contributed by atoms with E-state index in [9.17, 15) is 9.59 Å². The molecule has 0 saturated heterocycles. The van der Waals surface area contributed by atoms with Crippen LogP contribution in [0.3, 0.4) is 0 Å². The maximum absolute atomic E-state index is 12.3. The van der Waals surface area contributed by atoms with Crippen LogP contribution in [0.4, 0.5) is 4.79 Å². The van der Waals surface area contributed by atoms with Crippen molar-refractivity contribution in [3.8, 4) is 11.1 Å². The van der Waals surface area contributed by atoms with Crippen molar-refractivity contribution in [3.63, 3.8) is 0 Å². The number of nitrogens with one attached hydrogen (secondary N) is 2. The lowest BCUT2D eigenvalue weighted by Crippen LogP contribution is -2.36. The molecule has 1 aliphatic carbocycles. The molecular weight excluding hydrogens is 412 g/mol. The highest BCUT2D eigenvalue weighted by Gasteiger charge is 2.28. The van der Waals surface area contributed by atoms with Gasteiger partial charge in [-0.2, -0.15) is 0 Å². The zero-order valence-corrected chi connectivity index (χ0v) is 18.9. The minimum absolute atomic E-state index is 0.0363. The zero-order chi connectivity index (χ0) is 23.0. The topological polar surface area (TPSA) is 67.4 Å². The molecule has 0 heterocycles. The van der Waals surface area contributed by atoms with Crippen LogP contribution in [0.5, 0.6) is 0 Å². The maximum atomic E-state index is 12.3. The van der Waals surface area contributed by atoms with Gasteiger partial charge in [0.1, 0.15) is 6.61 Å². The molecule has 0 saturated carbocycles. The van der Waals surface area contributed by atoms with E-state index in [1.807, 2.05) is 42.5 Å². The van der Waals surface area contributed by atoms with Crippen LogP contribution in [0.15, 0.2) is 78.9 Å². The number of hydrogen-bond donors (Lipinski definition) is 2. The second-order valence-corrected chi connectivity index (χ2v) is 8.48. The van der Waals surface area contributed by atoms with E-state index in [4.69, 9.17) is 4.74 Å². The highest BCUT2D eigenvalue weighted by atomic mass is 16.5. The molecule has 0 radical (unpaired) electrons. The number of amides is 2. The molecule has 1 aliphatic rings. The Hall–Kier alpha value is -3.60. The van der Waals surface area contributed by atoms with Gasteiger partial charge in [0.2, 0.25) is 5.91 Å². The SMILES string of the molecule is CC(=O)NC(CCCNC(=O)OCC1c2ccccc2-c2ccccc21)Cc1ccccc1. The van der Waals surface area contributed by atoms with Gasteiger partial charge in [-0.15, -0.1) is 0 Å². The minimum Gasteiger partial charge on any atom is -0.449 e. The van der Waals surface area contributed by atoms with Crippen LogP contribution in [0.25, 0.3) is 11.1 Å². The monoisotopic (exact) mass is 442 g/mol. The molecule has 1 unspecified atom stereocenters. The summed E-state index contributed by atoms with van der Waals surface area (Å²) in [5, 5.41) is 5.87. The summed E-state index contributed by atoms with van der Waals surface area (Å²) < 4.78 is 5.59. The number of carbonyl (C=O) groups excluding carboxylic acids is 2. The maximum Gasteiger partial charge on any atom is 0.407 e. The Bertz CT molecular complexity index is 1050. The number of fused-ring (bicyclic) bond motifs is 3. The Morgan fingerprint density at radius 2 is 1.48 bits per heavy atom. The summed E-state index contributed by atoms with van der Waals surface area (Å²) in [4.78, 5) is 23.9. The first kappa shape index (κ1) is 22.6. The average Bonchev–Trinajstić information content (AvgIpc) is 3.14. The molecule has 2 N–H and O–H groups in total. The van der Waals surface area contributed by atoms with Crippen LogP contribution in [0.2, 0.25) is 0 Å². The predicted octanol–water partition coefficient (Wildman–Crippen LogP) is 5.05. The van der Waals surface area contributed by atoms with Crippen molar-refractivity contribution in [2.24, 2.45) is 0 Å². The number of benzene rings is 3. The van der Waals surface area contributed by atoms with Gasteiger partial charge in [0.05, 0.1) is 0 Å². The third-order valence-corrected chi connectivity index (χ3v) is 6.07. The highest BCUT2D eigenvalue weighted by molar-refractivity contribution is 5.79. The lowest BCUT2D eigenvalue weighted by molar-refractivity contribution is -0.119. The highest BCUT2D eigenvalue weighted by Crippen LogP contribution is 2.44. The van der Waals surface area contributed by atoms with Gasteiger partial charge >= 0.3 is 6.09 Å². The molecule has 3 aromatic carbocycles. The molecule has 2 amide bonds. The summed E-state index contributed by atoms with van der Waals surface area (Å²) in [7, 11) is 0. The molecular formula is C28H30N2O3. The van der Waals surface area contributed by atoms with Crippen molar-refractivity contribution in [3.05, 3.63) is 95.6 Å². The molecule has 0 bridgehead atoms. The first-order valence-corrected chi connectivity index (χ1v) is 11.5. The largest absolute Gasteiger partial charge is 0.449 e. The summed E-state index contributed by atoms with van der Waals surface area (Å²) >= 11 is 0. The van der Waals surface area contributed by atoms with E-state index in [0.717, 1.165) is 19.3 Å². The quantitative estimate of drug-likeness (QED) is 0.456. The smallest absolute Gasteiger partial charge is 0.407 e. The second-order valence-electron chi connectivity index (χ2n) is 8.48. The standard InChI is InChI=1S/C28H30N2O3/c1-20(31)30-22(18-21-10-3-2-4-11-21)12-9-17-29-28(32)33-19-27-25-15-7-5-13-23(25)24-14-6-8-16-26(24)27/h2-8,10-11,13-16,22,27H,9,12,17-19H2,1H3,(H,29,32)(H,30,31). The van der Waals surface area contributed by atoms with Gasteiger partial charge in [-0.1, -0.05) is 78.9 Å². The van der Waals surface area contributed by atoms with Crippen molar-refractivity contribution in [2.45, 2.75) is 38.1 Å². The lowest BCUT2D eigenvalue weighted by Gasteiger charge is -2.18. The first-order chi connectivity index (χ1) is 16.1. The van der Waals surface area contributed by atoms with Gasteiger partial charge in [-0.3, -0.25) is 4.79 Å². The number of carbonyl (C=O) groups is 2.